The second kappa shape index (κ2) is 8.14. The number of benzene rings is 1. The van der Waals surface area contributed by atoms with Gasteiger partial charge < -0.3 is 15.1 Å². The number of piperazine rings is 1. The molecule has 0 atom stereocenters. The molecule has 1 fully saturated rings. The molecule has 0 radical (unpaired) electrons. The predicted octanol–water partition coefficient (Wildman–Crippen LogP) is 1.70. The Hall–Kier alpha value is -2.67. The third-order valence-corrected chi connectivity index (χ3v) is 5.31. The number of aryl methyl sites for hydroxylation is 1. The molecule has 1 aliphatic heterocycles. The third kappa shape index (κ3) is 4.11. The van der Waals surface area contributed by atoms with Crippen LogP contribution in [0.15, 0.2) is 41.8 Å². The van der Waals surface area contributed by atoms with Gasteiger partial charge in [0.25, 0.3) is 11.7 Å². The number of rotatable bonds is 5. The number of carbonyl (C=O) groups excluding carboxylic acids is 3. The van der Waals surface area contributed by atoms with Crippen molar-refractivity contribution in [2.45, 2.75) is 6.92 Å². The van der Waals surface area contributed by atoms with Crippen molar-refractivity contribution in [3.8, 4) is 0 Å². The van der Waals surface area contributed by atoms with Crippen molar-refractivity contribution in [2.75, 3.05) is 37.6 Å². The van der Waals surface area contributed by atoms with Crippen molar-refractivity contribution in [1.82, 2.24) is 10.2 Å². The van der Waals surface area contributed by atoms with Gasteiger partial charge in [-0.2, -0.15) is 0 Å². The van der Waals surface area contributed by atoms with Crippen LogP contribution in [0.1, 0.15) is 15.2 Å². The lowest BCUT2D eigenvalue weighted by Gasteiger charge is -2.36. The number of thiophene rings is 1. The highest BCUT2D eigenvalue weighted by molar-refractivity contribution is 7.13. The molecule has 0 bridgehead atoms. The Morgan fingerprint density at radius 3 is 2.42 bits per heavy atom. The molecular formula is C19H21N3O3S. The van der Waals surface area contributed by atoms with Crippen LogP contribution in [-0.2, 0) is 9.59 Å². The SMILES string of the molecule is Cc1ccccc1N1CCN(C(=O)CNC(=O)C(=O)c2cccs2)CC1. The number of para-hydroxylation sites is 1. The van der Waals surface area contributed by atoms with Crippen LogP contribution in [0.4, 0.5) is 5.69 Å². The van der Waals surface area contributed by atoms with Crippen molar-refractivity contribution in [2.24, 2.45) is 0 Å². The molecule has 0 unspecified atom stereocenters. The molecule has 3 rings (SSSR count). The van der Waals surface area contributed by atoms with Crippen LogP contribution in [0, 0.1) is 6.92 Å². The smallest absolute Gasteiger partial charge is 0.293 e. The first-order valence-corrected chi connectivity index (χ1v) is 9.38. The summed E-state index contributed by atoms with van der Waals surface area (Å²) in [4.78, 5) is 40.4. The molecule has 1 aromatic carbocycles. The zero-order chi connectivity index (χ0) is 18.5. The van der Waals surface area contributed by atoms with Gasteiger partial charge in [-0.05, 0) is 30.0 Å². The molecule has 1 aliphatic rings. The van der Waals surface area contributed by atoms with Crippen molar-refractivity contribution in [1.29, 1.82) is 0 Å². The summed E-state index contributed by atoms with van der Waals surface area (Å²) in [5, 5.41) is 4.17. The van der Waals surface area contributed by atoms with Gasteiger partial charge in [-0.25, -0.2) is 0 Å². The molecule has 1 saturated heterocycles. The topological polar surface area (TPSA) is 69.7 Å². The Labute approximate surface area is 156 Å². The van der Waals surface area contributed by atoms with Crippen LogP contribution >= 0.6 is 11.3 Å². The summed E-state index contributed by atoms with van der Waals surface area (Å²) in [5.41, 5.74) is 2.40. The van der Waals surface area contributed by atoms with Crippen molar-refractivity contribution in [3.63, 3.8) is 0 Å². The van der Waals surface area contributed by atoms with E-state index in [1.165, 1.54) is 22.6 Å². The summed E-state index contributed by atoms with van der Waals surface area (Å²) >= 11 is 1.21. The summed E-state index contributed by atoms with van der Waals surface area (Å²) in [6, 6.07) is 11.5. The lowest BCUT2D eigenvalue weighted by molar-refractivity contribution is -0.132. The zero-order valence-corrected chi connectivity index (χ0v) is 15.4. The van der Waals surface area contributed by atoms with Crippen LogP contribution in [0.5, 0.6) is 0 Å². The maximum Gasteiger partial charge on any atom is 0.293 e. The van der Waals surface area contributed by atoms with Gasteiger partial charge >= 0.3 is 0 Å². The molecule has 136 valence electrons. The lowest BCUT2D eigenvalue weighted by Crippen LogP contribution is -2.51. The number of ketones is 1. The minimum absolute atomic E-state index is 0.152. The molecule has 0 saturated carbocycles. The Balaban J connectivity index is 1.47. The Bertz CT molecular complexity index is 796. The van der Waals surface area contributed by atoms with E-state index in [2.05, 4.69) is 29.3 Å². The highest BCUT2D eigenvalue weighted by atomic mass is 32.1. The van der Waals surface area contributed by atoms with Crippen LogP contribution in [0.2, 0.25) is 0 Å². The zero-order valence-electron chi connectivity index (χ0n) is 14.6. The first-order valence-electron chi connectivity index (χ1n) is 8.50. The van der Waals surface area contributed by atoms with E-state index in [0.717, 1.165) is 13.1 Å². The normalized spacial score (nSPS) is 14.2. The predicted molar refractivity (Wildman–Crippen MR) is 102 cm³/mol. The van der Waals surface area contributed by atoms with Crippen molar-refractivity contribution < 1.29 is 14.4 Å². The summed E-state index contributed by atoms with van der Waals surface area (Å²) in [6.07, 6.45) is 0. The maximum atomic E-state index is 12.3. The summed E-state index contributed by atoms with van der Waals surface area (Å²) in [7, 11) is 0. The van der Waals surface area contributed by atoms with Crippen LogP contribution in [0.3, 0.4) is 0 Å². The number of Topliss-reactive ketones (excluding diaryl/α,β-unsaturated/α-hetero) is 1. The van der Waals surface area contributed by atoms with Gasteiger partial charge in [0, 0.05) is 31.9 Å². The van der Waals surface area contributed by atoms with Gasteiger partial charge in [0.1, 0.15) is 0 Å². The number of anilines is 1. The fourth-order valence-corrected chi connectivity index (χ4v) is 3.64. The van der Waals surface area contributed by atoms with Crippen molar-refractivity contribution >= 4 is 34.6 Å². The molecule has 2 aromatic rings. The second-order valence-electron chi connectivity index (χ2n) is 6.14. The maximum absolute atomic E-state index is 12.3. The first kappa shape index (κ1) is 18.1. The van der Waals surface area contributed by atoms with Gasteiger partial charge in [0.05, 0.1) is 11.4 Å². The number of amides is 2. The molecule has 6 nitrogen and oxygen atoms in total. The number of hydrogen-bond donors (Lipinski definition) is 1. The van der Waals surface area contributed by atoms with Gasteiger partial charge in [-0.1, -0.05) is 24.3 Å². The minimum Gasteiger partial charge on any atom is -0.368 e. The minimum atomic E-state index is -0.737. The summed E-state index contributed by atoms with van der Waals surface area (Å²) < 4.78 is 0. The van der Waals surface area contributed by atoms with E-state index in [4.69, 9.17) is 0 Å². The summed E-state index contributed by atoms with van der Waals surface area (Å²) in [6.45, 7) is 4.62. The van der Waals surface area contributed by atoms with Gasteiger partial charge in [-0.3, -0.25) is 14.4 Å². The Kier molecular flexibility index (Phi) is 5.68. The molecular weight excluding hydrogens is 350 g/mol. The number of carbonyl (C=O) groups is 3. The quantitative estimate of drug-likeness (QED) is 0.642. The van der Waals surface area contributed by atoms with Gasteiger partial charge in [0.15, 0.2) is 0 Å². The highest BCUT2D eigenvalue weighted by Gasteiger charge is 2.23. The third-order valence-electron chi connectivity index (χ3n) is 4.44. The van der Waals surface area contributed by atoms with E-state index in [1.54, 1.807) is 22.4 Å². The van der Waals surface area contributed by atoms with E-state index in [-0.39, 0.29) is 12.5 Å². The molecule has 1 aromatic heterocycles. The van der Waals surface area contributed by atoms with E-state index < -0.39 is 11.7 Å². The van der Waals surface area contributed by atoms with E-state index in [1.807, 2.05) is 12.1 Å². The average Bonchev–Trinajstić information content (AvgIpc) is 3.20. The van der Waals surface area contributed by atoms with Gasteiger partial charge in [0.2, 0.25) is 5.91 Å². The standard InChI is InChI=1S/C19H21N3O3S/c1-14-5-2-3-6-15(14)21-8-10-22(11-9-21)17(23)13-20-19(25)18(24)16-7-4-12-26-16/h2-7,12H,8-11,13H2,1H3,(H,20,25). The molecule has 26 heavy (non-hydrogen) atoms. The monoisotopic (exact) mass is 371 g/mol. The van der Waals surface area contributed by atoms with E-state index in [9.17, 15) is 14.4 Å². The van der Waals surface area contributed by atoms with Gasteiger partial charge in [-0.15, -0.1) is 11.3 Å². The molecule has 0 aliphatic carbocycles. The van der Waals surface area contributed by atoms with Crippen LogP contribution in [0.25, 0.3) is 0 Å². The molecule has 7 heteroatoms. The summed E-state index contributed by atoms with van der Waals surface area (Å²) in [5.74, 6) is -1.50. The highest BCUT2D eigenvalue weighted by Crippen LogP contribution is 2.20. The molecule has 0 spiro atoms. The largest absolute Gasteiger partial charge is 0.368 e. The fourth-order valence-electron chi connectivity index (χ4n) is 2.98. The number of nitrogens with zero attached hydrogens (tertiary/aromatic N) is 2. The van der Waals surface area contributed by atoms with E-state index in [0.29, 0.717) is 18.0 Å². The molecule has 2 heterocycles. The van der Waals surface area contributed by atoms with E-state index >= 15 is 0 Å². The van der Waals surface area contributed by atoms with Crippen molar-refractivity contribution in [3.05, 3.63) is 52.2 Å². The Morgan fingerprint density at radius 2 is 1.77 bits per heavy atom. The molecule has 2 amide bonds. The fraction of sp³-hybridized carbons (Fsp3) is 0.316. The second-order valence-corrected chi connectivity index (χ2v) is 7.09. The lowest BCUT2D eigenvalue weighted by atomic mass is 10.1. The first-order chi connectivity index (χ1) is 12.6. The number of nitrogens with one attached hydrogen (secondary N) is 1. The van der Waals surface area contributed by atoms with Crippen LogP contribution < -0.4 is 10.2 Å². The number of hydrogen-bond acceptors (Lipinski definition) is 5. The molecule has 1 N–H and O–H groups in total. The average molecular weight is 371 g/mol. The van der Waals surface area contributed by atoms with Crippen LogP contribution in [-0.4, -0.2) is 55.2 Å². The Morgan fingerprint density at radius 1 is 1.04 bits per heavy atom.